The van der Waals surface area contributed by atoms with E-state index in [-0.39, 0.29) is 11.4 Å². The highest BCUT2D eigenvalue weighted by Gasteiger charge is 2.32. The van der Waals surface area contributed by atoms with Crippen LogP contribution in [-0.2, 0) is 17.8 Å². The maximum absolute atomic E-state index is 13.5. The van der Waals surface area contributed by atoms with E-state index in [4.69, 9.17) is 14.6 Å². The molecular weight excluding hydrogens is 440 g/mol. The van der Waals surface area contributed by atoms with Gasteiger partial charge in [-0.2, -0.15) is 0 Å². The lowest BCUT2D eigenvalue weighted by Crippen LogP contribution is -2.43. The number of carbonyl (C=O) groups excluding carboxylic acids is 1. The van der Waals surface area contributed by atoms with E-state index in [2.05, 4.69) is 4.57 Å². The van der Waals surface area contributed by atoms with Gasteiger partial charge in [-0.3, -0.25) is 4.79 Å². The zero-order valence-corrected chi connectivity index (χ0v) is 20.3. The van der Waals surface area contributed by atoms with E-state index >= 15 is 0 Å². The number of fused-ring (bicyclic) bond motifs is 3. The molecule has 0 aliphatic carbocycles. The summed E-state index contributed by atoms with van der Waals surface area (Å²) in [5.41, 5.74) is 4.23. The van der Waals surface area contributed by atoms with E-state index in [0.29, 0.717) is 23.7 Å². The number of carboxylic acid groups (broad SMARTS) is 1. The van der Waals surface area contributed by atoms with Crippen molar-refractivity contribution in [2.75, 3.05) is 20.8 Å². The Balaban J connectivity index is 1.91. The topological polar surface area (TPSA) is 81.0 Å². The molecule has 33 heavy (non-hydrogen) atoms. The second kappa shape index (κ2) is 8.59. The monoisotopic (exact) mass is 468 g/mol. The van der Waals surface area contributed by atoms with Gasteiger partial charge in [0, 0.05) is 35.1 Å². The number of aromatic nitrogens is 1. The molecule has 0 spiro atoms. The number of benzene rings is 1. The molecule has 0 unspecified atom stereocenters. The van der Waals surface area contributed by atoms with Gasteiger partial charge in [-0.15, -0.1) is 11.3 Å². The minimum Gasteiger partial charge on any atom is -0.493 e. The number of carboxylic acids is 1. The van der Waals surface area contributed by atoms with Crippen LogP contribution in [0.3, 0.4) is 0 Å². The molecule has 1 N–H and O–H groups in total. The van der Waals surface area contributed by atoms with Crippen molar-refractivity contribution >= 4 is 23.2 Å². The van der Waals surface area contributed by atoms with Gasteiger partial charge in [0.25, 0.3) is 5.91 Å². The van der Waals surface area contributed by atoms with Crippen LogP contribution in [0.5, 0.6) is 11.5 Å². The van der Waals surface area contributed by atoms with Crippen LogP contribution in [0.25, 0.3) is 21.7 Å². The lowest BCUT2D eigenvalue weighted by molar-refractivity contribution is -0.139. The highest BCUT2D eigenvalue weighted by atomic mass is 32.1. The molecule has 174 valence electrons. The van der Waals surface area contributed by atoms with E-state index in [9.17, 15) is 9.59 Å². The summed E-state index contributed by atoms with van der Waals surface area (Å²) in [5.74, 6) is -0.233. The standard InChI is InChI=1S/C25H28N2O5S/c1-25(2,3)26(4)24(30)18-12-17(21-7-6-10-33-21)23-16-13-20(32-14-22(28)29)19(31-5)11-15(16)8-9-27(18)23/h6-7,10-13H,8-9,14H2,1-5H3,(H,28,29). The van der Waals surface area contributed by atoms with E-state index in [1.807, 2.05) is 63.5 Å². The van der Waals surface area contributed by atoms with Crippen molar-refractivity contribution in [2.45, 2.75) is 39.3 Å². The van der Waals surface area contributed by atoms with Crippen LogP contribution >= 0.6 is 11.3 Å². The first-order valence-corrected chi connectivity index (χ1v) is 11.6. The minimum absolute atomic E-state index is 0.0362. The van der Waals surface area contributed by atoms with Crippen LogP contribution in [-0.4, -0.2) is 52.8 Å². The Labute approximate surface area is 197 Å². The Morgan fingerprint density at radius 1 is 1.18 bits per heavy atom. The zero-order chi connectivity index (χ0) is 23.9. The minimum atomic E-state index is -1.06. The molecule has 1 amide bonds. The van der Waals surface area contributed by atoms with Crippen molar-refractivity contribution in [1.82, 2.24) is 9.47 Å². The summed E-state index contributed by atoms with van der Waals surface area (Å²) in [6.45, 7) is 6.23. The highest BCUT2D eigenvalue weighted by molar-refractivity contribution is 7.13. The van der Waals surface area contributed by atoms with E-state index in [0.717, 1.165) is 33.7 Å². The van der Waals surface area contributed by atoms with Crippen LogP contribution in [0.2, 0.25) is 0 Å². The first-order chi connectivity index (χ1) is 15.6. The number of ether oxygens (including phenoxy) is 2. The quantitative estimate of drug-likeness (QED) is 0.563. The second-order valence-corrected chi connectivity index (χ2v) is 10.00. The molecule has 4 rings (SSSR count). The molecule has 3 aromatic rings. The van der Waals surface area contributed by atoms with Gasteiger partial charge in [0.15, 0.2) is 18.1 Å². The number of thiophene rings is 1. The lowest BCUT2D eigenvalue weighted by Gasteiger charge is -2.32. The molecule has 0 saturated carbocycles. The first kappa shape index (κ1) is 22.9. The average molecular weight is 469 g/mol. The molecule has 0 bridgehead atoms. The number of rotatable bonds is 6. The van der Waals surface area contributed by atoms with Gasteiger partial charge >= 0.3 is 5.97 Å². The fourth-order valence-corrected chi connectivity index (χ4v) is 4.76. The number of amides is 1. The van der Waals surface area contributed by atoms with Crippen molar-refractivity contribution in [3.63, 3.8) is 0 Å². The van der Waals surface area contributed by atoms with E-state index in [1.54, 1.807) is 16.2 Å². The van der Waals surface area contributed by atoms with Gasteiger partial charge < -0.3 is 24.0 Å². The van der Waals surface area contributed by atoms with Crippen molar-refractivity contribution in [1.29, 1.82) is 0 Å². The molecule has 1 aliphatic heterocycles. The van der Waals surface area contributed by atoms with Gasteiger partial charge in [0.2, 0.25) is 0 Å². The molecule has 1 aromatic carbocycles. The summed E-state index contributed by atoms with van der Waals surface area (Å²) in [5, 5.41) is 11.1. The number of aryl methyl sites for hydroxylation is 1. The SMILES string of the molecule is COc1cc2c(cc1OCC(=O)O)-c1c(-c3cccs3)cc(C(=O)N(C)C(C)(C)C)n1CC2. The molecule has 0 radical (unpaired) electrons. The molecule has 2 aromatic heterocycles. The third-order valence-electron chi connectivity index (χ3n) is 6.01. The van der Waals surface area contributed by atoms with Gasteiger partial charge in [0.05, 0.1) is 12.8 Å². The number of methoxy groups -OCH3 is 1. The van der Waals surface area contributed by atoms with Crippen molar-refractivity contribution < 1.29 is 24.2 Å². The lowest BCUT2D eigenvalue weighted by atomic mass is 9.95. The fraction of sp³-hybridized carbons (Fsp3) is 0.360. The van der Waals surface area contributed by atoms with Crippen LogP contribution < -0.4 is 9.47 Å². The fourth-order valence-electron chi connectivity index (χ4n) is 4.02. The Morgan fingerprint density at radius 2 is 1.94 bits per heavy atom. The number of aliphatic carboxylic acids is 1. The molecular formula is C25H28N2O5S. The van der Waals surface area contributed by atoms with Gasteiger partial charge in [-0.1, -0.05) is 6.07 Å². The highest BCUT2D eigenvalue weighted by Crippen LogP contribution is 2.45. The summed E-state index contributed by atoms with van der Waals surface area (Å²) in [4.78, 5) is 27.4. The summed E-state index contributed by atoms with van der Waals surface area (Å²) in [6.07, 6.45) is 0.718. The summed E-state index contributed by atoms with van der Waals surface area (Å²) in [6, 6.07) is 9.75. The smallest absolute Gasteiger partial charge is 0.341 e. The van der Waals surface area contributed by atoms with Crippen molar-refractivity contribution in [3.05, 3.63) is 47.0 Å². The van der Waals surface area contributed by atoms with Gasteiger partial charge in [-0.05, 0) is 62.4 Å². The Hall–Kier alpha value is -3.26. The Kier molecular flexibility index (Phi) is 5.97. The summed E-state index contributed by atoms with van der Waals surface area (Å²) >= 11 is 1.62. The van der Waals surface area contributed by atoms with Crippen LogP contribution in [0.1, 0.15) is 36.8 Å². The predicted octanol–water partition coefficient (Wildman–Crippen LogP) is 4.78. The molecule has 7 nitrogen and oxygen atoms in total. The zero-order valence-electron chi connectivity index (χ0n) is 19.5. The predicted molar refractivity (Wildman–Crippen MR) is 128 cm³/mol. The Morgan fingerprint density at radius 3 is 2.55 bits per heavy atom. The first-order valence-electron chi connectivity index (χ1n) is 10.7. The van der Waals surface area contributed by atoms with E-state index in [1.165, 1.54) is 7.11 Å². The summed E-state index contributed by atoms with van der Waals surface area (Å²) < 4.78 is 13.1. The maximum Gasteiger partial charge on any atom is 0.341 e. The third kappa shape index (κ3) is 4.23. The normalized spacial score (nSPS) is 12.6. The molecule has 0 saturated heterocycles. The number of carbonyl (C=O) groups is 2. The van der Waals surface area contributed by atoms with E-state index < -0.39 is 12.6 Å². The number of hydrogen-bond donors (Lipinski definition) is 1. The maximum atomic E-state index is 13.5. The average Bonchev–Trinajstić information content (AvgIpc) is 3.43. The van der Waals surface area contributed by atoms with Crippen LogP contribution in [0.4, 0.5) is 0 Å². The number of nitrogens with zero attached hydrogens (tertiary/aromatic N) is 2. The van der Waals surface area contributed by atoms with Gasteiger partial charge in [0.1, 0.15) is 5.69 Å². The molecule has 1 aliphatic rings. The molecule has 0 atom stereocenters. The second-order valence-electron chi connectivity index (χ2n) is 9.05. The third-order valence-corrected chi connectivity index (χ3v) is 6.92. The molecule has 8 heteroatoms. The van der Waals surface area contributed by atoms with Crippen molar-refractivity contribution in [3.8, 4) is 33.2 Å². The van der Waals surface area contributed by atoms with Gasteiger partial charge in [-0.25, -0.2) is 4.79 Å². The number of hydrogen-bond acceptors (Lipinski definition) is 5. The summed E-state index contributed by atoms with van der Waals surface area (Å²) in [7, 11) is 3.36. The molecule has 0 fully saturated rings. The van der Waals surface area contributed by atoms with Crippen molar-refractivity contribution in [2.24, 2.45) is 0 Å². The Bertz CT molecular complexity index is 1200. The van der Waals surface area contributed by atoms with Crippen LogP contribution in [0.15, 0.2) is 35.7 Å². The largest absolute Gasteiger partial charge is 0.493 e. The molecule has 3 heterocycles. The van der Waals surface area contributed by atoms with Crippen LogP contribution in [0, 0.1) is 0 Å².